The molecule has 0 aromatic carbocycles. The van der Waals surface area contributed by atoms with Gasteiger partial charge in [0, 0.05) is 18.2 Å². The van der Waals surface area contributed by atoms with Crippen molar-refractivity contribution >= 4 is 0 Å². The van der Waals surface area contributed by atoms with E-state index in [0.29, 0.717) is 12.5 Å². The lowest BCUT2D eigenvalue weighted by Gasteiger charge is -2.09. The monoisotopic (exact) mass is 262 g/mol. The van der Waals surface area contributed by atoms with Gasteiger partial charge in [0.05, 0.1) is 12.3 Å². The molecule has 2 aromatic rings. The van der Waals surface area contributed by atoms with Crippen LogP contribution in [-0.2, 0) is 4.74 Å². The van der Waals surface area contributed by atoms with Gasteiger partial charge in [0.15, 0.2) is 5.82 Å². The molecule has 2 aromatic heterocycles. The molecule has 0 saturated carbocycles. The Labute approximate surface area is 111 Å². The van der Waals surface area contributed by atoms with Crippen molar-refractivity contribution in [2.24, 2.45) is 0 Å². The number of hydrogen-bond donors (Lipinski definition) is 0. The Balaban J connectivity index is 1.83. The summed E-state index contributed by atoms with van der Waals surface area (Å²) in [7, 11) is 0. The maximum absolute atomic E-state index is 5.38. The van der Waals surface area contributed by atoms with Crippen LogP contribution in [-0.4, -0.2) is 33.1 Å². The van der Waals surface area contributed by atoms with Crippen molar-refractivity contribution in [2.45, 2.75) is 39.2 Å². The fourth-order valence-electron chi connectivity index (χ4n) is 2.46. The zero-order valence-electron chi connectivity index (χ0n) is 11.5. The molecule has 6 heteroatoms. The molecule has 0 amide bonds. The summed E-state index contributed by atoms with van der Waals surface area (Å²) in [6.07, 6.45) is 0.966. The van der Waals surface area contributed by atoms with E-state index in [4.69, 9.17) is 9.26 Å². The van der Waals surface area contributed by atoms with Crippen molar-refractivity contribution in [2.75, 3.05) is 13.2 Å². The molecular formula is C13H18N4O2. The minimum absolute atomic E-state index is 0.0442. The topological polar surface area (TPSA) is 66.0 Å². The Morgan fingerprint density at radius 3 is 2.89 bits per heavy atom. The van der Waals surface area contributed by atoms with E-state index in [2.05, 4.69) is 15.2 Å². The second kappa shape index (κ2) is 4.77. The Morgan fingerprint density at radius 1 is 1.42 bits per heavy atom. The third kappa shape index (κ3) is 2.28. The number of nitrogens with zero attached hydrogens (tertiary/aromatic N) is 4. The highest BCUT2D eigenvalue weighted by atomic mass is 16.5. The SMILES string of the molecule is Cc1cc(C)n([C@@H](C)c2nc([C@@H]3CCOC3)no2)n1. The second-order valence-electron chi connectivity index (χ2n) is 5.10. The lowest BCUT2D eigenvalue weighted by atomic mass is 10.1. The highest BCUT2D eigenvalue weighted by Crippen LogP contribution is 2.25. The zero-order chi connectivity index (χ0) is 13.4. The van der Waals surface area contributed by atoms with Gasteiger partial charge in [0.25, 0.3) is 5.89 Å². The molecule has 102 valence electrons. The van der Waals surface area contributed by atoms with Crippen molar-refractivity contribution in [3.05, 3.63) is 29.2 Å². The molecule has 1 aliphatic rings. The summed E-state index contributed by atoms with van der Waals surface area (Å²) < 4.78 is 12.6. The van der Waals surface area contributed by atoms with Crippen LogP contribution in [0.25, 0.3) is 0 Å². The van der Waals surface area contributed by atoms with E-state index in [1.165, 1.54) is 0 Å². The maximum Gasteiger partial charge on any atom is 0.251 e. The average Bonchev–Trinajstić information content (AvgIpc) is 3.06. The van der Waals surface area contributed by atoms with E-state index in [1.54, 1.807) is 0 Å². The maximum atomic E-state index is 5.38. The lowest BCUT2D eigenvalue weighted by molar-refractivity contribution is 0.192. The smallest absolute Gasteiger partial charge is 0.251 e. The van der Waals surface area contributed by atoms with Crippen molar-refractivity contribution in [1.82, 2.24) is 19.9 Å². The standard InChI is InChI=1S/C13H18N4O2/c1-8-6-9(2)17(15-8)10(3)13-14-12(16-19-13)11-4-5-18-7-11/h6,10-11H,4-5,7H2,1-3H3/t10-,11+/m0/s1. The average molecular weight is 262 g/mol. The fraction of sp³-hybridized carbons (Fsp3) is 0.615. The predicted molar refractivity (Wildman–Crippen MR) is 68.0 cm³/mol. The molecule has 0 spiro atoms. The first-order chi connectivity index (χ1) is 9.15. The summed E-state index contributed by atoms with van der Waals surface area (Å²) in [5.74, 6) is 1.62. The number of aryl methyl sites for hydroxylation is 2. The van der Waals surface area contributed by atoms with Gasteiger partial charge >= 0.3 is 0 Å². The largest absolute Gasteiger partial charge is 0.381 e. The van der Waals surface area contributed by atoms with Crippen LogP contribution in [0.2, 0.25) is 0 Å². The van der Waals surface area contributed by atoms with Gasteiger partial charge in [-0.15, -0.1) is 0 Å². The molecule has 0 aliphatic carbocycles. The molecule has 0 unspecified atom stereocenters. The first-order valence-corrected chi connectivity index (χ1v) is 6.59. The summed E-state index contributed by atoms with van der Waals surface area (Å²) in [4.78, 5) is 4.50. The fourth-order valence-corrected chi connectivity index (χ4v) is 2.46. The molecule has 6 nitrogen and oxygen atoms in total. The molecule has 19 heavy (non-hydrogen) atoms. The van der Waals surface area contributed by atoms with Gasteiger partial charge in [-0.3, -0.25) is 4.68 Å². The van der Waals surface area contributed by atoms with E-state index in [-0.39, 0.29) is 12.0 Å². The first kappa shape index (κ1) is 12.3. The van der Waals surface area contributed by atoms with E-state index in [9.17, 15) is 0 Å². The quantitative estimate of drug-likeness (QED) is 0.846. The highest BCUT2D eigenvalue weighted by Gasteiger charge is 2.25. The van der Waals surface area contributed by atoms with Crippen LogP contribution in [0, 0.1) is 13.8 Å². The number of rotatable bonds is 3. The van der Waals surface area contributed by atoms with E-state index in [1.807, 2.05) is 31.5 Å². The highest BCUT2D eigenvalue weighted by molar-refractivity contribution is 5.10. The normalized spacial score (nSPS) is 20.9. The van der Waals surface area contributed by atoms with Gasteiger partial charge in [-0.05, 0) is 33.3 Å². The van der Waals surface area contributed by atoms with Crippen LogP contribution in [0.3, 0.4) is 0 Å². The molecule has 0 bridgehead atoms. The minimum Gasteiger partial charge on any atom is -0.381 e. The van der Waals surface area contributed by atoms with E-state index in [0.717, 1.165) is 30.2 Å². The van der Waals surface area contributed by atoms with Crippen LogP contribution in [0.1, 0.15) is 48.4 Å². The van der Waals surface area contributed by atoms with Crippen LogP contribution in [0.4, 0.5) is 0 Å². The number of ether oxygens (including phenoxy) is 1. The van der Waals surface area contributed by atoms with Crippen molar-refractivity contribution in [1.29, 1.82) is 0 Å². The summed E-state index contributed by atoms with van der Waals surface area (Å²) in [6.45, 7) is 7.49. The van der Waals surface area contributed by atoms with Gasteiger partial charge in [0.1, 0.15) is 6.04 Å². The Bertz CT molecular complexity index is 569. The lowest BCUT2D eigenvalue weighted by Crippen LogP contribution is -2.11. The summed E-state index contributed by atoms with van der Waals surface area (Å²) in [6, 6.07) is 2.00. The summed E-state index contributed by atoms with van der Waals surface area (Å²) in [5.41, 5.74) is 2.09. The van der Waals surface area contributed by atoms with E-state index < -0.39 is 0 Å². The van der Waals surface area contributed by atoms with Crippen molar-refractivity contribution in [3.63, 3.8) is 0 Å². The van der Waals surface area contributed by atoms with Crippen molar-refractivity contribution in [3.8, 4) is 0 Å². The van der Waals surface area contributed by atoms with E-state index >= 15 is 0 Å². The van der Waals surface area contributed by atoms with Gasteiger partial charge in [0.2, 0.25) is 0 Å². The minimum atomic E-state index is -0.0442. The molecule has 3 rings (SSSR count). The zero-order valence-corrected chi connectivity index (χ0v) is 11.5. The number of hydrogen-bond acceptors (Lipinski definition) is 5. The van der Waals surface area contributed by atoms with Crippen LogP contribution in [0.15, 0.2) is 10.6 Å². The molecular weight excluding hydrogens is 244 g/mol. The van der Waals surface area contributed by atoms with Crippen molar-refractivity contribution < 1.29 is 9.26 Å². The molecule has 3 heterocycles. The Hall–Kier alpha value is -1.69. The Kier molecular flexibility index (Phi) is 3.10. The predicted octanol–water partition coefficient (Wildman–Crippen LogP) is 2.00. The van der Waals surface area contributed by atoms with Crippen LogP contribution >= 0.6 is 0 Å². The Morgan fingerprint density at radius 2 is 2.26 bits per heavy atom. The van der Waals surface area contributed by atoms with Crippen LogP contribution < -0.4 is 0 Å². The van der Waals surface area contributed by atoms with Gasteiger partial charge < -0.3 is 9.26 Å². The first-order valence-electron chi connectivity index (χ1n) is 6.59. The summed E-state index contributed by atoms with van der Waals surface area (Å²) in [5, 5.41) is 8.53. The van der Waals surface area contributed by atoms with Gasteiger partial charge in [-0.25, -0.2) is 0 Å². The van der Waals surface area contributed by atoms with Gasteiger partial charge in [-0.1, -0.05) is 5.16 Å². The summed E-state index contributed by atoms with van der Waals surface area (Å²) >= 11 is 0. The third-order valence-electron chi connectivity index (χ3n) is 3.52. The second-order valence-corrected chi connectivity index (χ2v) is 5.10. The molecule has 2 atom stereocenters. The molecule has 0 radical (unpaired) electrons. The van der Waals surface area contributed by atoms with Crippen LogP contribution in [0.5, 0.6) is 0 Å². The van der Waals surface area contributed by atoms with Gasteiger partial charge in [-0.2, -0.15) is 10.1 Å². The molecule has 1 saturated heterocycles. The molecule has 0 N–H and O–H groups in total. The third-order valence-corrected chi connectivity index (χ3v) is 3.52. The molecule has 1 aliphatic heterocycles. The molecule has 1 fully saturated rings. The number of aromatic nitrogens is 4.